The molecule has 0 aliphatic carbocycles. The zero-order valence-electron chi connectivity index (χ0n) is 6.97. The van der Waals surface area contributed by atoms with Crippen LogP contribution in [-0.2, 0) is 17.5 Å². The molecule has 0 saturated carbocycles. The van der Waals surface area contributed by atoms with Gasteiger partial charge in [-0.3, -0.25) is 0 Å². The first-order valence-electron chi connectivity index (χ1n) is 3.69. The fraction of sp³-hybridized carbons (Fsp3) is 0.571. The van der Waals surface area contributed by atoms with Gasteiger partial charge in [-0.25, -0.2) is 4.98 Å². The number of rotatable bonds is 4. The van der Waals surface area contributed by atoms with E-state index in [1.165, 1.54) is 0 Å². The number of hydrogen-bond donors (Lipinski definition) is 0. The van der Waals surface area contributed by atoms with Crippen molar-refractivity contribution < 1.29 is 17.9 Å². The van der Waals surface area contributed by atoms with Gasteiger partial charge in [-0.05, 0) is 0 Å². The van der Waals surface area contributed by atoms with E-state index in [4.69, 9.17) is 4.74 Å². The van der Waals surface area contributed by atoms with E-state index in [-0.39, 0.29) is 6.61 Å². The molecule has 7 heteroatoms. The predicted octanol–water partition coefficient (Wildman–Crippen LogP) is 3.07. The van der Waals surface area contributed by atoms with Gasteiger partial charge in [-0.2, -0.15) is 13.2 Å². The highest BCUT2D eigenvalue weighted by atomic mass is 79.9. The number of halogens is 4. The molecular formula is C7H7BrF3NOS. The summed E-state index contributed by atoms with van der Waals surface area (Å²) in [4.78, 5) is 3.41. The van der Waals surface area contributed by atoms with E-state index in [1.807, 2.05) is 0 Å². The molecule has 0 aliphatic rings. The number of hydrogen-bond acceptors (Lipinski definition) is 3. The second-order valence-electron chi connectivity index (χ2n) is 2.37. The van der Waals surface area contributed by atoms with Crippen molar-refractivity contribution in [3.8, 4) is 0 Å². The van der Waals surface area contributed by atoms with Crippen LogP contribution >= 0.6 is 27.3 Å². The Hall–Kier alpha value is -0.140. The average Bonchev–Trinajstić information content (AvgIpc) is 2.52. The molecule has 0 radical (unpaired) electrons. The van der Waals surface area contributed by atoms with Crippen LogP contribution in [0, 0.1) is 0 Å². The van der Waals surface area contributed by atoms with Gasteiger partial charge in [0.2, 0.25) is 0 Å². The van der Waals surface area contributed by atoms with Gasteiger partial charge in [-0.1, -0.05) is 15.9 Å². The molecule has 0 amide bonds. The Balaban J connectivity index is 2.51. The van der Waals surface area contributed by atoms with Crippen LogP contribution in [0.15, 0.2) is 5.38 Å². The molecule has 14 heavy (non-hydrogen) atoms. The fourth-order valence-electron chi connectivity index (χ4n) is 0.721. The smallest absolute Gasteiger partial charge is 0.373 e. The summed E-state index contributed by atoms with van der Waals surface area (Å²) in [6, 6.07) is 0. The highest BCUT2D eigenvalue weighted by molar-refractivity contribution is 9.09. The lowest BCUT2D eigenvalue weighted by Crippen LogP contribution is -2.05. The first-order valence-corrected chi connectivity index (χ1v) is 5.69. The molecule has 2 nitrogen and oxygen atoms in total. The lowest BCUT2D eigenvalue weighted by Gasteiger charge is -2.00. The van der Waals surface area contributed by atoms with Crippen molar-refractivity contribution in [3.63, 3.8) is 0 Å². The van der Waals surface area contributed by atoms with Gasteiger partial charge in [0.1, 0.15) is 5.01 Å². The molecule has 0 atom stereocenters. The monoisotopic (exact) mass is 289 g/mol. The van der Waals surface area contributed by atoms with E-state index < -0.39 is 11.9 Å². The Labute approximate surface area is 91.2 Å². The zero-order valence-corrected chi connectivity index (χ0v) is 9.38. The van der Waals surface area contributed by atoms with Gasteiger partial charge >= 0.3 is 6.18 Å². The van der Waals surface area contributed by atoms with Crippen LogP contribution in [0.4, 0.5) is 13.2 Å². The Morgan fingerprint density at radius 3 is 2.71 bits per heavy atom. The maximum Gasteiger partial charge on any atom is 0.434 e. The third-order valence-corrected chi connectivity index (χ3v) is 2.44. The third-order valence-electron chi connectivity index (χ3n) is 1.29. The molecule has 0 saturated heterocycles. The van der Waals surface area contributed by atoms with Crippen LogP contribution in [0.25, 0.3) is 0 Å². The first-order chi connectivity index (χ1) is 6.54. The molecule has 1 aromatic heterocycles. The highest BCUT2D eigenvalue weighted by Crippen LogP contribution is 2.30. The van der Waals surface area contributed by atoms with Crippen molar-refractivity contribution in [2.24, 2.45) is 0 Å². The maximum absolute atomic E-state index is 12.1. The summed E-state index contributed by atoms with van der Waals surface area (Å²) in [7, 11) is 0. The van der Waals surface area contributed by atoms with Crippen molar-refractivity contribution in [2.45, 2.75) is 12.8 Å². The van der Waals surface area contributed by atoms with Crippen LogP contribution < -0.4 is 0 Å². The van der Waals surface area contributed by atoms with E-state index >= 15 is 0 Å². The Bertz CT molecular complexity index is 289. The summed E-state index contributed by atoms with van der Waals surface area (Å²) >= 11 is 4.09. The number of alkyl halides is 4. The second-order valence-corrected chi connectivity index (χ2v) is 4.10. The Morgan fingerprint density at radius 2 is 2.21 bits per heavy atom. The molecule has 80 valence electrons. The number of thiazole rings is 1. The molecule has 0 N–H and O–H groups in total. The molecule has 1 heterocycles. The molecular weight excluding hydrogens is 283 g/mol. The maximum atomic E-state index is 12.1. The van der Waals surface area contributed by atoms with E-state index in [0.717, 1.165) is 16.7 Å². The normalized spacial score (nSPS) is 12.0. The summed E-state index contributed by atoms with van der Waals surface area (Å²) < 4.78 is 41.3. The zero-order chi connectivity index (χ0) is 10.6. The van der Waals surface area contributed by atoms with E-state index in [0.29, 0.717) is 16.9 Å². The molecule has 0 bridgehead atoms. The topological polar surface area (TPSA) is 22.1 Å². The van der Waals surface area contributed by atoms with Crippen molar-refractivity contribution in [1.82, 2.24) is 4.98 Å². The van der Waals surface area contributed by atoms with E-state index in [1.54, 1.807) is 0 Å². The molecule has 0 spiro atoms. The van der Waals surface area contributed by atoms with Gasteiger partial charge in [0.25, 0.3) is 0 Å². The first kappa shape index (κ1) is 11.9. The molecule has 0 fully saturated rings. The molecule has 1 rings (SSSR count). The quantitative estimate of drug-likeness (QED) is 0.628. The standard InChI is InChI=1S/C7H7BrF3NOS/c8-1-2-13-3-6-12-5(4-14-6)7(9,10)11/h4H,1-3H2. The van der Waals surface area contributed by atoms with Gasteiger partial charge in [0.15, 0.2) is 5.69 Å². The lowest BCUT2D eigenvalue weighted by molar-refractivity contribution is -0.140. The molecule has 0 unspecified atom stereocenters. The predicted molar refractivity (Wildman–Crippen MR) is 50.6 cm³/mol. The van der Waals surface area contributed by atoms with Crippen molar-refractivity contribution in [1.29, 1.82) is 0 Å². The van der Waals surface area contributed by atoms with Crippen LogP contribution in [0.1, 0.15) is 10.7 Å². The van der Waals surface area contributed by atoms with Gasteiger partial charge in [0, 0.05) is 10.7 Å². The minimum Gasteiger partial charge on any atom is -0.373 e. The largest absolute Gasteiger partial charge is 0.434 e. The molecule has 0 aliphatic heterocycles. The summed E-state index contributed by atoms with van der Waals surface area (Å²) in [6.07, 6.45) is -4.36. The number of nitrogens with zero attached hydrogens (tertiary/aromatic N) is 1. The van der Waals surface area contributed by atoms with Gasteiger partial charge in [0.05, 0.1) is 13.2 Å². The van der Waals surface area contributed by atoms with E-state index in [9.17, 15) is 13.2 Å². The third kappa shape index (κ3) is 3.55. The minimum atomic E-state index is -4.36. The average molecular weight is 290 g/mol. The van der Waals surface area contributed by atoms with Gasteiger partial charge in [-0.15, -0.1) is 11.3 Å². The van der Waals surface area contributed by atoms with Crippen molar-refractivity contribution >= 4 is 27.3 Å². The Kier molecular flexibility index (Phi) is 4.33. The number of aromatic nitrogens is 1. The molecule has 1 aromatic rings. The Morgan fingerprint density at radius 1 is 1.50 bits per heavy atom. The SMILES string of the molecule is FC(F)(F)c1csc(COCCBr)n1. The van der Waals surface area contributed by atoms with Crippen LogP contribution in [0.5, 0.6) is 0 Å². The van der Waals surface area contributed by atoms with Crippen molar-refractivity contribution in [2.75, 3.05) is 11.9 Å². The van der Waals surface area contributed by atoms with Crippen LogP contribution in [-0.4, -0.2) is 16.9 Å². The minimum absolute atomic E-state index is 0.131. The van der Waals surface area contributed by atoms with Crippen LogP contribution in [0.3, 0.4) is 0 Å². The fourth-order valence-corrected chi connectivity index (χ4v) is 1.69. The van der Waals surface area contributed by atoms with Gasteiger partial charge < -0.3 is 4.74 Å². The second kappa shape index (κ2) is 5.09. The summed E-state index contributed by atoms with van der Waals surface area (Å²) in [5.74, 6) is 0. The van der Waals surface area contributed by atoms with E-state index in [2.05, 4.69) is 20.9 Å². The summed E-state index contributed by atoms with van der Waals surface area (Å²) in [6.45, 7) is 0.591. The van der Waals surface area contributed by atoms with Crippen molar-refractivity contribution in [3.05, 3.63) is 16.1 Å². The highest BCUT2D eigenvalue weighted by Gasteiger charge is 2.33. The molecule has 0 aromatic carbocycles. The van der Waals surface area contributed by atoms with Crippen LogP contribution in [0.2, 0.25) is 0 Å². The lowest BCUT2D eigenvalue weighted by atomic mass is 10.5. The summed E-state index contributed by atoms with van der Waals surface area (Å²) in [5.41, 5.74) is -0.847. The number of ether oxygens (including phenoxy) is 1. The summed E-state index contributed by atoms with van der Waals surface area (Å²) in [5, 5.41) is 2.00.